The number of nitrogens with one attached hydrogen (secondary N) is 1. The van der Waals surface area contributed by atoms with E-state index in [0.29, 0.717) is 17.3 Å². The van der Waals surface area contributed by atoms with Crippen molar-refractivity contribution < 1.29 is 4.39 Å². The Morgan fingerprint density at radius 1 is 1.37 bits per heavy atom. The Balaban J connectivity index is 2.31. The summed E-state index contributed by atoms with van der Waals surface area (Å²) in [6.07, 6.45) is 1.64. The number of benzene rings is 1. The summed E-state index contributed by atoms with van der Waals surface area (Å²) in [5, 5.41) is 11.6. The highest BCUT2D eigenvalue weighted by Gasteiger charge is 2.14. The molecule has 0 aliphatic carbocycles. The summed E-state index contributed by atoms with van der Waals surface area (Å²) in [5.74, 6) is -0.357. The third-order valence-electron chi connectivity index (χ3n) is 2.56. The first-order valence-corrected chi connectivity index (χ1v) is 6.35. The summed E-state index contributed by atoms with van der Waals surface area (Å²) in [4.78, 5) is 0. The van der Waals surface area contributed by atoms with Crippen molar-refractivity contribution in [1.29, 1.82) is 0 Å². The van der Waals surface area contributed by atoms with Crippen molar-refractivity contribution in [3.63, 3.8) is 0 Å². The van der Waals surface area contributed by atoms with E-state index >= 15 is 0 Å². The lowest BCUT2D eigenvalue weighted by atomic mass is 10.1. The van der Waals surface area contributed by atoms with Crippen LogP contribution in [0.15, 0.2) is 24.4 Å². The third-order valence-corrected chi connectivity index (χ3v) is 2.88. The molecule has 2 aromatic rings. The summed E-state index contributed by atoms with van der Waals surface area (Å²) < 4.78 is 14.9. The molecule has 4 nitrogen and oxygen atoms in total. The molecular weight excluding hydrogens is 267 g/mol. The van der Waals surface area contributed by atoms with E-state index in [9.17, 15) is 4.39 Å². The molecule has 0 fully saturated rings. The van der Waals surface area contributed by atoms with Crippen LogP contribution in [-0.2, 0) is 6.54 Å². The Kier molecular flexibility index (Phi) is 3.87. The van der Waals surface area contributed by atoms with Crippen LogP contribution in [0.3, 0.4) is 0 Å². The predicted molar refractivity (Wildman–Crippen MR) is 72.9 cm³/mol. The van der Waals surface area contributed by atoms with E-state index in [1.807, 2.05) is 0 Å². The second-order valence-corrected chi connectivity index (χ2v) is 5.74. The van der Waals surface area contributed by atoms with E-state index in [2.05, 4.69) is 36.4 Å². The molecular formula is C13H16ClFN4. The highest BCUT2D eigenvalue weighted by molar-refractivity contribution is 6.32. The second kappa shape index (κ2) is 5.27. The first-order chi connectivity index (χ1) is 8.87. The zero-order valence-corrected chi connectivity index (χ0v) is 11.9. The molecule has 1 heterocycles. The maximum Gasteiger partial charge on any atom is 0.125 e. The monoisotopic (exact) mass is 282 g/mol. The molecule has 1 aromatic heterocycles. The summed E-state index contributed by atoms with van der Waals surface area (Å²) in [7, 11) is 0. The molecule has 0 unspecified atom stereocenters. The van der Waals surface area contributed by atoms with Crippen LogP contribution in [0.1, 0.15) is 26.5 Å². The molecule has 0 saturated carbocycles. The highest BCUT2D eigenvalue weighted by atomic mass is 35.5. The lowest BCUT2D eigenvalue weighted by Crippen LogP contribution is -2.35. The molecule has 0 saturated heterocycles. The van der Waals surface area contributed by atoms with Gasteiger partial charge in [0, 0.05) is 18.2 Å². The highest BCUT2D eigenvalue weighted by Crippen LogP contribution is 2.22. The molecule has 0 aliphatic heterocycles. The zero-order valence-electron chi connectivity index (χ0n) is 11.1. The van der Waals surface area contributed by atoms with Gasteiger partial charge in [0.25, 0.3) is 0 Å². The number of rotatable bonds is 3. The van der Waals surface area contributed by atoms with Crippen LogP contribution in [0.2, 0.25) is 5.02 Å². The molecule has 0 radical (unpaired) electrons. The SMILES string of the molecule is CC(C)(C)NCc1cnnn1-c1cc(F)ccc1Cl. The minimum absolute atomic E-state index is 0.0270. The quantitative estimate of drug-likeness (QED) is 0.941. The van der Waals surface area contributed by atoms with E-state index in [1.165, 1.54) is 18.2 Å². The van der Waals surface area contributed by atoms with Gasteiger partial charge in [-0.1, -0.05) is 16.8 Å². The molecule has 2 rings (SSSR count). The fourth-order valence-corrected chi connectivity index (χ4v) is 1.78. The maximum atomic E-state index is 13.3. The van der Waals surface area contributed by atoms with Gasteiger partial charge in [0.2, 0.25) is 0 Å². The van der Waals surface area contributed by atoms with Gasteiger partial charge >= 0.3 is 0 Å². The normalized spacial score (nSPS) is 11.8. The van der Waals surface area contributed by atoms with Crippen LogP contribution in [0, 0.1) is 5.82 Å². The van der Waals surface area contributed by atoms with Gasteiger partial charge in [0.1, 0.15) is 5.82 Å². The number of aromatic nitrogens is 3. The van der Waals surface area contributed by atoms with Gasteiger partial charge in [-0.15, -0.1) is 5.10 Å². The largest absolute Gasteiger partial charge is 0.306 e. The molecule has 0 bridgehead atoms. The molecule has 102 valence electrons. The average molecular weight is 283 g/mol. The smallest absolute Gasteiger partial charge is 0.125 e. The number of hydrogen-bond acceptors (Lipinski definition) is 3. The van der Waals surface area contributed by atoms with Crippen molar-refractivity contribution in [1.82, 2.24) is 20.3 Å². The fourth-order valence-electron chi connectivity index (χ4n) is 1.58. The standard InChI is InChI=1S/C13H16ClFN4/c1-13(2,3)16-7-10-8-17-18-19(10)12-6-9(15)4-5-11(12)14/h4-6,8,16H,7H2,1-3H3. The minimum atomic E-state index is -0.357. The summed E-state index contributed by atoms with van der Waals surface area (Å²) in [5.41, 5.74) is 1.29. The zero-order chi connectivity index (χ0) is 14.0. The van der Waals surface area contributed by atoms with E-state index in [4.69, 9.17) is 11.6 Å². The third kappa shape index (κ3) is 3.52. The molecule has 6 heteroatoms. The van der Waals surface area contributed by atoms with Gasteiger partial charge in [-0.05, 0) is 32.9 Å². The van der Waals surface area contributed by atoms with Crippen LogP contribution >= 0.6 is 11.6 Å². The van der Waals surface area contributed by atoms with E-state index in [1.54, 1.807) is 10.9 Å². The lowest BCUT2D eigenvalue weighted by Gasteiger charge is -2.20. The van der Waals surface area contributed by atoms with Crippen molar-refractivity contribution in [2.24, 2.45) is 0 Å². The molecule has 0 aliphatic rings. The second-order valence-electron chi connectivity index (χ2n) is 5.34. The van der Waals surface area contributed by atoms with E-state index < -0.39 is 0 Å². The fraction of sp³-hybridized carbons (Fsp3) is 0.385. The number of nitrogens with zero attached hydrogens (tertiary/aromatic N) is 3. The Morgan fingerprint density at radius 2 is 2.11 bits per heavy atom. The maximum absolute atomic E-state index is 13.3. The van der Waals surface area contributed by atoms with Gasteiger partial charge in [-0.2, -0.15) is 0 Å². The van der Waals surface area contributed by atoms with Gasteiger partial charge < -0.3 is 5.32 Å². The first-order valence-electron chi connectivity index (χ1n) is 5.97. The average Bonchev–Trinajstić information content (AvgIpc) is 2.77. The Morgan fingerprint density at radius 3 is 2.79 bits per heavy atom. The van der Waals surface area contributed by atoms with E-state index in [-0.39, 0.29) is 11.4 Å². The predicted octanol–water partition coefficient (Wildman–Crippen LogP) is 2.95. The van der Waals surface area contributed by atoms with Crippen LogP contribution in [0.5, 0.6) is 0 Å². The minimum Gasteiger partial charge on any atom is -0.306 e. The van der Waals surface area contributed by atoms with Gasteiger partial charge in [0.15, 0.2) is 0 Å². The Hall–Kier alpha value is -1.46. The van der Waals surface area contributed by atoms with E-state index in [0.717, 1.165) is 5.69 Å². The topological polar surface area (TPSA) is 42.7 Å². The Labute approximate surface area is 116 Å². The number of hydrogen-bond donors (Lipinski definition) is 1. The van der Waals surface area contributed by atoms with Crippen molar-refractivity contribution in [3.05, 3.63) is 40.9 Å². The molecule has 0 amide bonds. The van der Waals surface area contributed by atoms with Crippen LogP contribution in [0.25, 0.3) is 5.69 Å². The summed E-state index contributed by atoms with van der Waals surface area (Å²) in [6.45, 7) is 6.77. The van der Waals surface area contributed by atoms with Gasteiger partial charge in [-0.25, -0.2) is 9.07 Å². The van der Waals surface area contributed by atoms with Crippen LogP contribution in [-0.4, -0.2) is 20.5 Å². The lowest BCUT2D eigenvalue weighted by molar-refractivity contribution is 0.418. The first kappa shape index (κ1) is 14.0. The number of halogens is 2. The van der Waals surface area contributed by atoms with Crippen molar-refractivity contribution in [2.45, 2.75) is 32.9 Å². The molecule has 0 spiro atoms. The van der Waals surface area contributed by atoms with Gasteiger partial charge in [0.05, 0.1) is 22.6 Å². The molecule has 0 atom stereocenters. The molecule has 1 N–H and O–H groups in total. The van der Waals surface area contributed by atoms with Crippen molar-refractivity contribution in [2.75, 3.05) is 0 Å². The summed E-state index contributed by atoms with van der Waals surface area (Å²) >= 11 is 6.07. The van der Waals surface area contributed by atoms with Crippen LogP contribution in [0.4, 0.5) is 4.39 Å². The van der Waals surface area contributed by atoms with Crippen molar-refractivity contribution >= 4 is 11.6 Å². The summed E-state index contributed by atoms with van der Waals surface area (Å²) in [6, 6.07) is 4.17. The van der Waals surface area contributed by atoms with Gasteiger partial charge in [-0.3, -0.25) is 0 Å². The molecule has 1 aromatic carbocycles. The van der Waals surface area contributed by atoms with Crippen LogP contribution < -0.4 is 5.32 Å². The Bertz CT molecular complexity index is 574. The van der Waals surface area contributed by atoms with Crippen molar-refractivity contribution in [3.8, 4) is 5.69 Å². The molecule has 19 heavy (non-hydrogen) atoms.